The average Bonchev–Trinajstić information content (AvgIpc) is 3.46. The lowest BCUT2D eigenvalue weighted by molar-refractivity contribution is -0.130. The van der Waals surface area contributed by atoms with Gasteiger partial charge in [0.15, 0.2) is 0 Å². The molecule has 4 rings (SSSR count). The highest BCUT2D eigenvalue weighted by Gasteiger charge is 2.31. The van der Waals surface area contributed by atoms with Crippen molar-refractivity contribution in [2.24, 2.45) is 5.92 Å². The molecule has 3 aromatic rings. The highest BCUT2D eigenvalue weighted by molar-refractivity contribution is 9.10. The van der Waals surface area contributed by atoms with Crippen LogP contribution in [0.15, 0.2) is 71.3 Å². The predicted molar refractivity (Wildman–Crippen MR) is 202 cm³/mol. The van der Waals surface area contributed by atoms with E-state index in [9.17, 15) is 24.0 Å². The number of hydrogen-bond acceptors (Lipinski definition) is 8. The van der Waals surface area contributed by atoms with Gasteiger partial charge in [-0.1, -0.05) is 48.0 Å². The van der Waals surface area contributed by atoms with Gasteiger partial charge in [0.05, 0.1) is 18.6 Å². The van der Waals surface area contributed by atoms with Gasteiger partial charge in [-0.3, -0.25) is 29.1 Å². The number of amides is 5. The van der Waals surface area contributed by atoms with Crippen LogP contribution in [0.2, 0.25) is 0 Å². The molecule has 2 aromatic carbocycles. The van der Waals surface area contributed by atoms with Crippen LogP contribution in [0.25, 0.3) is 0 Å². The number of hydrogen-bond donors (Lipinski definition) is 5. The quantitative estimate of drug-likeness (QED) is 0.144. The molecule has 0 spiro atoms. The van der Waals surface area contributed by atoms with E-state index >= 15 is 0 Å². The minimum absolute atomic E-state index is 0.128. The number of carbonyl (C=O) groups excluding carboxylic acids is 5. The van der Waals surface area contributed by atoms with Crippen molar-refractivity contribution in [3.05, 3.63) is 93.7 Å². The van der Waals surface area contributed by atoms with E-state index in [0.717, 1.165) is 10.0 Å². The molecule has 14 heteroatoms. The molecule has 1 aliphatic heterocycles. The Bertz CT molecular complexity index is 1720. The standard InChI is InChI=1S/C38H48BrN7O6/c1-7-40-37(50)33(22(2)3)45-34(47)25(6)42-20-31(19-30-10-8-9-15-41-30)44-36(49)28-16-27(17-32(18-28)46-21-23(4)52-38(46)51)35(48)43-24(5)26-11-13-29(39)14-12-26/h8-18,22-25,31,33,42H,7,19-21H2,1-6H3,(H,40,50)(H,43,48)(H,44,49)(H,45,47)/t23?,24-,25+,31+,33+/m1/s1. The summed E-state index contributed by atoms with van der Waals surface area (Å²) in [5, 5.41) is 14.8. The van der Waals surface area contributed by atoms with Gasteiger partial charge >= 0.3 is 6.09 Å². The first kappa shape index (κ1) is 40.0. The number of nitrogens with one attached hydrogen (secondary N) is 5. The van der Waals surface area contributed by atoms with Crippen molar-refractivity contribution in [3.63, 3.8) is 0 Å². The number of cyclic esters (lactones) is 1. The van der Waals surface area contributed by atoms with Crippen LogP contribution in [0.4, 0.5) is 10.5 Å². The molecule has 1 aliphatic rings. The van der Waals surface area contributed by atoms with Gasteiger partial charge in [-0.15, -0.1) is 0 Å². The second-order valence-electron chi connectivity index (χ2n) is 13.3. The van der Waals surface area contributed by atoms with Gasteiger partial charge in [-0.2, -0.15) is 0 Å². The van der Waals surface area contributed by atoms with Crippen LogP contribution in [0.3, 0.4) is 0 Å². The summed E-state index contributed by atoms with van der Waals surface area (Å²) in [4.78, 5) is 71.8. The summed E-state index contributed by atoms with van der Waals surface area (Å²) in [6, 6.07) is 15.4. The Kier molecular flexibility index (Phi) is 14.3. The number of anilines is 1. The van der Waals surface area contributed by atoms with Crippen LogP contribution in [-0.2, 0) is 20.7 Å². The number of ether oxygens (including phenoxy) is 1. The third-order valence-electron chi connectivity index (χ3n) is 8.61. The molecule has 1 aromatic heterocycles. The number of halogens is 1. The van der Waals surface area contributed by atoms with E-state index in [4.69, 9.17) is 4.74 Å². The van der Waals surface area contributed by atoms with E-state index in [1.165, 1.54) is 11.0 Å². The molecule has 5 amide bonds. The summed E-state index contributed by atoms with van der Waals surface area (Å²) in [6.07, 6.45) is 1.04. The van der Waals surface area contributed by atoms with E-state index in [-0.39, 0.29) is 54.1 Å². The third-order valence-corrected chi connectivity index (χ3v) is 9.14. The van der Waals surface area contributed by atoms with Gasteiger partial charge in [0.2, 0.25) is 11.8 Å². The fourth-order valence-electron chi connectivity index (χ4n) is 5.68. The minimum Gasteiger partial charge on any atom is -0.444 e. The summed E-state index contributed by atoms with van der Waals surface area (Å²) in [6.45, 7) is 11.7. The number of carbonyl (C=O) groups is 5. The molecule has 0 radical (unpaired) electrons. The fourth-order valence-corrected chi connectivity index (χ4v) is 5.95. The molecule has 0 saturated carbocycles. The molecule has 0 aliphatic carbocycles. The maximum absolute atomic E-state index is 14.0. The monoisotopic (exact) mass is 777 g/mol. The van der Waals surface area contributed by atoms with E-state index in [1.807, 2.05) is 64.1 Å². The summed E-state index contributed by atoms with van der Waals surface area (Å²) in [7, 11) is 0. The first-order valence-electron chi connectivity index (χ1n) is 17.5. The van der Waals surface area contributed by atoms with E-state index in [0.29, 0.717) is 24.3 Å². The maximum atomic E-state index is 14.0. The second kappa shape index (κ2) is 18.6. The van der Waals surface area contributed by atoms with Crippen molar-refractivity contribution < 1.29 is 28.7 Å². The zero-order valence-corrected chi connectivity index (χ0v) is 32.0. The van der Waals surface area contributed by atoms with Gasteiger partial charge in [0.1, 0.15) is 12.1 Å². The molecular formula is C38H48BrN7O6. The SMILES string of the molecule is CCNC(=O)[C@@H](NC(=O)[C@H](C)NC[C@H](Cc1ccccn1)NC(=O)c1cc(C(=O)N[C@H](C)c2ccc(Br)cc2)cc(N2CC(C)OC2=O)c1)C(C)C. The molecule has 1 saturated heterocycles. The Morgan fingerprint density at radius 1 is 0.923 bits per heavy atom. The van der Waals surface area contributed by atoms with Crippen LogP contribution in [-0.4, -0.2) is 78.6 Å². The zero-order chi connectivity index (χ0) is 37.9. The van der Waals surface area contributed by atoms with Crippen molar-refractivity contribution in [1.82, 2.24) is 31.6 Å². The van der Waals surface area contributed by atoms with E-state index < -0.39 is 36.0 Å². The van der Waals surface area contributed by atoms with Gasteiger partial charge in [-0.05, 0) is 81.6 Å². The molecule has 278 valence electrons. The summed E-state index contributed by atoms with van der Waals surface area (Å²) in [5.74, 6) is -1.66. The summed E-state index contributed by atoms with van der Waals surface area (Å²) < 4.78 is 6.25. The Labute approximate surface area is 313 Å². The van der Waals surface area contributed by atoms with Gasteiger partial charge in [0.25, 0.3) is 11.8 Å². The lowest BCUT2D eigenvalue weighted by atomic mass is 10.0. The highest BCUT2D eigenvalue weighted by Crippen LogP contribution is 2.26. The highest BCUT2D eigenvalue weighted by atomic mass is 79.9. The largest absolute Gasteiger partial charge is 0.444 e. The van der Waals surface area contributed by atoms with Crippen LogP contribution >= 0.6 is 15.9 Å². The zero-order valence-electron chi connectivity index (χ0n) is 30.4. The molecule has 52 heavy (non-hydrogen) atoms. The van der Waals surface area contributed by atoms with Gasteiger partial charge in [0, 0.05) is 58.7 Å². The number of nitrogens with zero attached hydrogens (tertiary/aromatic N) is 2. The smallest absolute Gasteiger partial charge is 0.414 e. The van der Waals surface area contributed by atoms with Crippen LogP contribution in [0, 0.1) is 5.92 Å². The summed E-state index contributed by atoms with van der Waals surface area (Å²) in [5.41, 5.74) is 2.30. The maximum Gasteiger partial charge on any atom is 0.414 e. The summed E-state index contributed by atoms with van der Waals surface area (Å²) >= 11 is 3.43. The van der Waals surface area contributed by atoms with E-state index in [1.54, 1.807) is 38.2 Å². The molecule has 1 unspecified atom stereocenters. The van der Waals surface area contributed by atoms with Crippen molar-refractivity contribution >= 4 is 51.3 Å². The molecule has 5 N–H and O–H groups in total. The Morgan fingerprint density at radius 3 is 2.17 bits per heavy atom. The second-order valence-corrected chi connectivity index (χ2v) is 14.2. The van der Waals surface area contributed by atoms with Gasteiger partial charge in [-0.25, -0.2) is 4.79 Å². The Balaban J connectivity index is 1.56. The van der Waals surface area contributed by atoms with Crippen molar-refractivity contribution in [1.29, 1.82) is 0 Å². The molecule has 13 nitrogen and oxygen atoms in total. The van der Waals surface area contributed by atoms with Crippen molar-refractivity contribution in [3.8, 4) is 0 Å². The van der Waals surface area contributed by atoms with Crippen LogP contribution in [0.5, 0.6) is 0 Å². The lowest BCUT2D eigenvalue weighted by Gasteiger charge is -2.25. The number of aromatic nitrogens is 1. The lowest BCUT2D eigenvalue weighted by Crippen LogP contribution is -2.55. The third kappa shape index (κ3) is 11.1. The van der Waals surface area contributed by atoms with Crippen molar-refractivity contribution in [2.75, 3.05) is 24.5 Å². The average molecular weight is 779 g/mol. The topological polar surface area (TPSA) is 171 Å². The van der Waals surface area contributed by atoms with Crippen molar-refractivity contribution in [2.45, 2.75) is 78.2 Å². The van der Waals surface area contributed by atoms with Gasteiger partial charge < -0.3 is 31.3 Å². The first-order valence-corrected chi connectivity index (χ1v) is 18.3. The molecule has 5 atom stereocenters. The van der Waals surface area contributed by atoms with Crippen LogP contribution in [0.1, 0.15) is 79.6 Å². The van der Waals surface area contributed by atoms with E-state index in [2.05, 4.69) is 47.5 Å². The number of benzene rings is 2. The molecule has 2 heterocycles. The number of likely N-dealkylation sites (N-methyl/N-ethyl adjacent to an activating group) is 1. The number of pyridine rings is 1. The Morgan fingerprint density at radius 2 is 1.60 bits per heavy atom. The van der Waals surface area contributed by atoms with Crippen LogP contribution < -0.4 is 31.5 Å². The Hall–Kier alpha value is -4.82. The number of rotatable bonds is 16. The normalized spacial score (nSPS) is 16.3. The molecular weight excluding hydrogens is 730 g/mol. The first-order chi connectivity index (χ1) is 24.7. The predicted octanol–water partition coefficient (Wildman–Crippen LogP) is 4.28. The minimum atomic E-state index is -0.701. The molecule has 0 bridgehead atoms. The molecule has 1 fully saturated rings. The fraction of sp³-hybridized carbons (Fsp3) is 0.421.